The van der Waals surface area contributed by atoms with Crippen molar-refractivity contribution in [2.75, 3.05) is 11.4 Å². The second kappa shape index (κ2) is 8.45. The number of nitriles is 1. The van der Waals surface area contributed by atoms with Gasteiger partial charge in [-0.1, -0.05) is 54.7 Å². The zero-order valence-corrected chi connectivity index (χ0v) is 18.8. The Kier molecular flexibility index (Phi) is 5.33. The van der Waals surface area contributed by atoms with Crippen molar-refractivity contribution in [1.82, 2.24) is 9.78 Å². The molecule has 2 heterocycles. The van der Waals surface area contributed by atoms with Crippen LogP contribution in [0.1, 0.15) is 32.9 Å². The molecule has 1 aliphatic heterocycles. The van der Waals surface area contributed by atoms with Crippen LogP contribution in [-0.2, 0) is 6.42 Å². The van der Waals surface area contributed by atoms with Gasteiger partial charge in [0.05, 0.1) is 23.0 Å². The van der Waals surface area contributed by atoms with E-state index in [1.165, 1.54) is 0 Å². The number of benzene rings is 3. The van der Waals surface area contributed by atoms with Crippen molar-refractivity contribution in [2.45, 2.75) is 13.3 Å². The van der Waals surface area contributed by atoms with Crippen LogP contribution in [0.4, 0.5) is 5.69 Å². The Morgan fingerprint density at radius 3 is 2.58 bits per heavy atom. The molecule has 0 unspecified atom stereocenters. The Balaban J connectivity index is 1.51. The van der Waals surface area contributed by atoms with Gasteiger partial charge >= 0.3 is 0 Å². The predicted molar refractivity (Wildman–Crippen MR) is 133 cm³/mol. The average molecular weight is 449 g/mol. The van der Waals surface area contributed by atoms with Gasteiger partial charge in [0.2, 0.25) is 0 Å². The van der Waals surface area contributed by atoms with Crippen LogP contribution in [0.2, 0.25) is 0 Å². The molecule has 3 aromatic carbocycles. The summed E-state index contributed by atoms with van der Waals surface area (Å²) in [6.07, 6.45) is 0.723. The third-order valence-corrected chi connectivity index (χ3v) is 6.27. The highest BCUT2D eigenvalue weighted by atomic mass is 32.1. The van der Waals surface area contributed by atoms with Gasteiger partial charge in [0.25, 0.3) is 5.91 Å². The van der Waals surface area contributed by atoms with Gasteiger partial charge in [-0.3, -0.25) is 4.79 Å². The van der Waals surface area contributed by atoms with Gasteiger partial charge in [-0.2, -0.15) is 10.4 Å². The highest BCUT2D eigenvalue weighted by Gasteiger charge is 2.32. The highest BCUT2D eigenvalue weighted by molar-refractivity contribution is 7.79. The topological polar surface area (TPSA) is 61.9 Å². The molecule has 1 aromatic heterocycles. The molecular weight excluding hydrogens is 428 g/mol. The minimum absolute atomic E-state index is 0.0914. The predicted octanol–water partition coefficient (Wildman–Crippen LogP) is 5.27. The van der Waals surface area contributed by atoms with E-state index in [-0.39, 0.29) is 5.91 Å². The maximum Gasteiger partial charge on any atom is 0.277 e. The number of thiocarbonyl (C=S) groups is 1. The van der Waals surface area contributed by atoms with E-state index in [2.05, 4.69) is 11.2 Å². The van der Waals surface area contributed by atoms with Crippen molar-refractivity contribution in [3.8, 4) is 22.9 Å². The molecule has 0 saturated heterocycles. The molecular formula is C27H20N4OS. The smallest absolute Gasteiger partial charge is 0.277 e. The van der Waals surface area contributed by atoms with Crippen molar-refractivity contribution in [3.05, 3.63) is 101 Å². The fourth-order valence-corrected chi connectivity index (χ4v) is 4.56. The molecule has 4 aromatic rings. The quantitative estimate of drug-likeness (QED) is 0.399. The first-order valence-corrected chi connectivity index (χ1v) is 11.1. The number of hydrogen-bond donors (Lipinski definition) is 0. The maximum atomic E-state index is 13.6. The number of aromatic nitrogens is 2. The lowest BCUT2D eigenvalue weighted by Gasteiger charge is -2.28. The van der Waals surface area contributed by atoms with E-state index < -0.39 is 0 Å². The summed E-state index contributed by atoms with van der Waals surface area (Å²) < 4.78 is 1.67. The van der Waals surface area contributed by atoms with E-state index in [0.717, 1.165) is 40.1 Å². The van der Waals surface area contributed by atoms with Crippen LogP contribution in [-0.4, -0.2) is 27.6 Å². The Labute approximate surface area is 197 Å². The number of hydrogen-bond acceptors (Lipinski definition) is 4. The summed E-state index contributed by atoms with van der Waals surface area (Å²) >= 11 is 5.15. The summed E-state index contributed by atoms with van der Waals surface area (Å²) in [4.78, 5) is 15.4. The van der Waals surface area contributed by atoms with Crippen molar-refractivity contribution < 1.29 is 4.79 Å². The molecule has 0 aliphatic carbocycles. The SMILES string of the molecule is Cc1nn(-c2cccc(C#N)c2)c2c1CCN(c1ccc(-c3ccccc3C=S)cc1)C2=O. The van der Waals surface area contributed by atoms with Gasteiger partial charge in [0.15, 0.2) is 0 Å². The normalized spacial score (nSPS) is 12.8. The van der Waals surface area contributed by atoms with E-state index in [9.17, 15) is 10.1 Å². The molecule has 5 rings (SSSR count). The van der Waals surface area contributed by atoms with E-state index in [0.29, 0.717) is 23.5 Å². The van der Waals surface area contributed by atoms with Crippen molar-refractivity contribution in [1.29, 1.82) is 5.26 Å². The zero-order chi connectivity index (χ0) is 22.9. The first kappa shape index (κ1) is 20.8. The summed E-state index contributed by atoms with van der Waals surface area (Å²) in [6, 6.07) is 25.3. The summed E-state index contributed by atoms with van der Waals surface area (Å²) in [5.41, 5.74) is 7.56. The van der Waals surface area contributed by atoms with E-state index in [4.69, 9.17) is 12.2 Å². The van der Waals surface area contributed by atoms with Crippen LogP contribution >= 0.6 is 12.2 Å². The Morgan fingerprint density at radius 2 is 1.82 bits per heavy atom. The molecule has 0 spiro atoms. The number of nitrogens with zero attached hydrogens (tertiary/aromatic N) is 4. The summed E-state index contributed by atoms with van der Waals surface area (Å²) in [5, 5.41) is 15.6. The minimum atomic E-state index is -0.0914. The third-order valence-electron chi connectivity index (χ3n) is 6.02. The Bertz CT molecular complexity index is 1430. The lowest BCUT2D eigenvalue weighted by atomic mass is 9.99. The van der Waals surface area contributed by atoms with Crippen LogP contribution in [0.15, 0.2) is 72.8 Å². The molecule has 0 atom stereocenters. The molecule has 1 amide bonds. The van der Waals surface area contributed by atoms with Gasteiger partial charge in [0.1, 0.15) is 5.69 Å². The molecule has 5 nitrogen and oxygen atoms in total. The van der Waals surface area contributed by atoms with Crippen LogP contribution in [0.25, 0.3) is 16.8 Å². The van der Waals surface area contributed by atoms with Gasteiger partial charge < -0.3 is 4.90 Å². The Morgan fingerprint density at radius 1 is 1.03 bits per heavy atom. The number of fused-ring (bicyclic) bond motifs is 1. The number of rotatable bonds is 4. The lowest BCUT2D eigenvalue weighted by Crippen LogP contribution is -2.38. The molecule has 0 radical (unpaired) electrons. The first-order valence-electron chi connectivity index (χ1n) is 10.7. The number of carbonyl (C=O) groups excluding carboxylic acids is 1. The summed E-state index contributed by atoms with van der Waals surface area (Å²) in [7, 11) is 0. The van der Waals surface area contributed by atoms with Crippen molar-refractivity contribution in [2.24, 2.45) is 0 Å². The van der Waals surface area contributed by atoms with Crippen LogP contribution in [0.3, 0.4) is 0 Å². The number of amides is 1. The molecule has 0 N–H and O–H groups in total. The lowest BCUT2D eigenvalue weighted by molar-refractivity contribution is 0.0973. The molecule has 33 heavy (non-hydrogen) atoms. The molecule has 6 heteroatoms. The first-order chi connectivity index (χ1) is 16.1. The largest absolute Gasteiger partial charge is 0.307 e. The van der Waals surface area contributed by atoms with E-state index in [1.807, 2.05) is 61.5 Å². The standard InChI is InChI=1S/C27H20N4OS/c1-18-24-13-14-30(22-11-9-20(10-12-22)25-8-3-2-6-21(25)17-33)27(32)26(24)31(29-18)23-7-4-5-19(15-23)16-28/h2-12,15,17H,13-14H2,1H3. The second-order valence-electron chi connectivity index (χ2n) is 7.95. The summed E-state index contributed by atoms with van der Waals surface area (Å²) in [6.45, 7) is 2.52. The molecule has 0 bridgehead atoms. The van der Waals surface area contributed by atoms with Crippen LogP contribution in [0, 0.1) is 18.3 Å². The maximum absolute atomic E-state index is 13.6. The van der Waals surface area contributed by atoms with Crippen molar-refractivity contribution in [3.63, 3.8) is 0 Å². The molecule has 0 fully saturated rings. The zero-order valence-electron chi connectivity index (χ0n) is 18.0. The third kappa shape index (κ3) is 3.63. The number of anilines is 1. The number of aryl methyl sites for hydroxylation is 1. The number of carbonyl (C=O) groups is 1. The molecule has 0 saturated carbocycles. The average Bonchev–Trinajstić information content (AvgIpc) is 3.21. The van der Waals surface area contributed by atoms with Crippen molar-refractivity contribution >= 4 is 29.2 Å². The molecule has 1 aliphatic rings. The highest BCUT2D eigenvalue weighted by Crippen LogP contribution is 2.31. The second-order valence-corrected chi connectivity index (χ2v) is 8.18. The molecule has 160 valence electrons. The summed E-state index contributed by atoms with van der Waals surface area (Å²) in [5.74, 6) is -0.0914. The van der Waals surface area contributed by atoms with Gasteiger partial charge in [-0.25, -0.2) is 4.68 Å². The fourth-order valence-electron chi connectivity index (χ4n) is 4.36. The van der Waals surface area contributed by atoms with Gasteiger partial charge in [-0.15, -0.1) is 0 Å². The van der Waals surface area contributed by atoms with E-state index in [1.54, 1.807) is 33.1 Å². The minimum Gasteiger partial charge on any atom is -0.307 e. The van der Waals surface area contributed by atoms with E-state index >= 15 is 0 Å². The van der Waals surface area contributed by atoms with Crippen LogP contribution in [0.5, 0.6) is 0 Å². The van der Waals surface area contributed by atoms with Crippen LogP contribution < -0.4 is 4.90 Å². The monoisotopic (exact) mass is 448 g/mol. The fraction of sp³-hybridized carbons (Fsp3) is 0.111. The van der Waals surface area contributed by atoms with Gasteiger partial charge in [0, 0.05) is 23.2 Å². The Hall–Kier alpha value is -4.08. The van der Waals surface area contributed by atoms with Gasteiger partial charge in [-0.05, 0) is 60.4 Å².